The average Bonchev–Trinajstić information content (AvgIpc) is 1.64. The number of nitrogens with zero attached hydrogens (tertiary/aromatic N) is 9. The lowest BCUT2D eigenvalue weighted by molar-refractivity contribution is -0.682. The van der Waals surface area contributed by atoms with Gasteiger partial charge in [-0.15, -0.1) is 0 Å². The first-order valence-electron chi connectivity index (χ1n) is 34.0. The first kappa shape index (κ1) is 75.2. The van der Waals surface area contributed by atoms with E-state index in [1.54, 1.807) is 0 Å². The van der Waals surface area contributed by atoms with E-state index >= 15 is 0 Å². The molecule has 0 radical (unpaired) electrons. The lowest BCUT2D eigenvalue weighted by atomic mass is 9.83. The maximum absolute atomic E-state index is 2.93. The third kappa shape index (κ3) is 13.4. The second-order valence-electron chi connectivity index (χ2n) is 29.2. The van der Waals surface area contributed by atoms with E-state index in [-0.39, 0.29) is 5.41 Å². The van der Waals surface area contributed by atoms with Crippen LogP contribution >= 0.6 is 0 Å². The molecule has 0 aliphatic heterocycles. The summed E-state index contributed by atoms with van der Waals surface area (Å²) in [4.78, 5) is 0. The first-order valence-corrected chi connectivity index (χ1v) is 34.0. The van der Waals surface area contributed by atoms with Gasteiger partial charge in [-0.2, -0.15) is 4.57 Å². The summed E-state index contributed by atoms with van der Waals surface area (Å²) in [6.45, 7) is 66.2. The van der Waals surface area contributed by atoms with Crippen molar-refractivity contribution in [3.05, 3.63) is 148 Å². The molecule has 0 aliphatic rings. The number of nitrogens with one attached hydrogen (secondary N) is 1. The fourth-order valence-electron chi connectivity index (χ4n) is 15.1. The summed E-state index contributed by atoms with van der Waals surface area (Å²) in [7, 11) is 21.5. The minimum absolute atomic E-state index is 0.170. The summed E-state index contributed by atoms with van der Waals surface area (Å²) in [5.41, 5.74) is 39.5. The van der Waals surface area contributed by atoms with E-state index in [2.05, 4.69) is 335 Å². The third-order valence-corrected chi connectivity index (χ3v) is 21.8. The average molecular weight is 1240 g/mol. The molecular weight excluding hydrogens is 1110 g/mol. The molecule has 1 aromatic carbocycles. The van der Waals surface area contributed by atoms with Gasteiger partial charge in [-0.25, -0.2) is 18.3 Å². The molecule has 0 fully saturated rings. The number of aryl methyl sites for hydroxylation is 13. The molecule has 0 unspecified atom stereocenters. The van der Waals surface area contributed by atoms with Gasteiger partial charge < -0.3 is 23.6 Å². The Labute approximate surface area is 553 Å². The molecule has 9 aromatic heterocycles. The lowest BCUT2D eigenvalue weighted by Gasteiger charge is -2.19. The Morgan fingerprint density at radius 3 is 1.26 bits per heavy atom. The molecule has 9 heterocycles. The van der Waals surface area contributed by atoms with Gasteiger partial charge >= 0.3 is 0 Å². The van der Waals surface area contributed by atoms with E-state index in [0.717, 1.165) is 6.54 Å². The standard InChI is InChI=1S/C17H27N2.3C16H25N2.C13H17N.C3H9N/c1-10-11(2)14-15(17(5,6)7)13(4)19(9)16(14)18(8)12(10)3;1-9(2)14-12(5)18(8)16-10(3)11(4)17(7)13(6)15(14)16;1-9(2)14-12(5)18(8)16-13(6)17(7)11(4)10(3)15(14)16;1-9(2)14-13(6)18(8)15-11(4)10(3)12(5)17(7)16(14)15;1-9(2)13-10(3)14(4)12-8-6-5-7-11(12)13;1-3-4-2/h1-9H3;3*9H,1-8H3;5-9H,1-4H3;4H,3H2,1-2H3/q4*+1;;. The zero-order chi connectivity index (χ0) is 69.7. The van der Waals surface area contributed by atoms with E-state index in [1.807, 2.05) is 7.05 Å². The van der Waals surface area contributed by atoms with Crippen molar-refractivity contribution in [2.75, 3.05) is 13.6 Å². The highest BCUT2D eigenvalue weighted by molar-refractivity contribution is 5.92. The van der Waals surface area contributed by atoms with Crippen molar-refractivity contribution in [1.82, 2.24) is 28.2 Å². The molecule has 498 valence electrons. The normalized spacial score (nSPS) is 11.7. The number of hydrogen-bond acceptors (Lipinski definition) is 1. The largest absolute Gasteiger partial charge is 0.348 e. The van der Waals surface area contributed by atoms with Gasteiger partial charge in [0.1, 0.15) is 43.6 Å². The molecule has 10 nitrogen and oxygen atoms in total. The van der Waals surface area contributed by atoms with Crippen LogP contribution in [0, 0.1) is 118 Å². The summed E-state index contributed by atoms with van der Waals surface area (Å²) in [5.74, 6) is 2.29. The second-order valence-corrected chi connectivity index (χ2v) is 29.2. The predicted molar refractivity (Wildman–Crippen MR) is 394 cm³/mol. The Hall–Kier alpha value is -6.52. The van der Waals surface area contributed by atoms with Crippen molar-refractivity contribution >= 4 is 54.8 Å². The lowest BCUT2D eigenvalue weighted by Crippen LogP contribution is -2.37. The number of pyridine rings is 4. The zero-order valence-electron chi connectivity index (χ0n) is 65.4. The molecule has 10 rings (SSSR count). The Morgan fingerprint density at radius 1 is 0.385 bits per heavy atom. The summed E-state index contributed by atoms with van der Waals surface area (Å²) in [6.07, 6.45) is 0. The van der Waals surface area contributed by atoms with Crippen LogP contribution in [0.4, 0.5) is 0 Å². The van der Waals surface area contributed by atoms with Gasteiger partial charge in [0, 0.05) is 130 Å². The first-order chi connectivity index (χ1) is 42.0. The van der Waals surface area contributed by atoms with E-state index in [4.69, 9.17) is 0 Å². The number of fused-ring (bicyclic) bond motifs is 5. The van der Waals surface area contributed by atoms with Crippen molar-refractivity contribution in [1.29, 1.82) is 0 Å². The number of para-hydroxylation sites is 1. The van der Waals surface area contributed by atoms with Crippen LogP contribution in [-0.2, 0) is 68.8 Å². The molecule has 0 saturated heterocycles. The van der Waals surface area contributed by atoms with E-state index < -0.39 is 0 Å². The van der Waals surface area contributed by atoms with Crippen molar-refractivity contribution in [2.45, 2.75) is 230 Å². The summed E-state index contributed by atoms with van der Waals surface area (Å²) < 4.78 is 21.0. The van der Waals surface area contributed by atoms with Crippen molar-refractivity contribution < 1.29 is 18.3 Å². The highest BCUT2D eigenvalue weighted by Crippen LogP contribution is 2.39. The molecule has 1 N–H and O–H groups in total. The second kappa shape index (κ2) is 28.8. The van der Waals surface area contributed by atoms with E-state index in [1.165, 1.54) is 179 Å². The molecule has 0 bridgehead atoms. The molecule has 91 heavy (non-hydrogen) atoms. The Bertz CT molecular complexity index is 4070. The molecule has 0 atom stereocenters. The fraction of sp³-hybridized carbons (Fsp3) is 0.556. The molecule has 0 saturated carbocycles. The zero-order valence-corrected chi connectivity index (χ0v) is 65.4. The van der Waals surface area contributed by atoms with Crippen LogP contribution in [0.3, 0.4) is 0 Å². The minimum Gasteiger partial charge on any atom is -0.348 e. The number of hydrogen-bond donors (Lipinski definition) is 1. The minimum atomic E-state index is 0.170. The predicted octanol–water partition coefficient (Wildman–Crippen LogP) is 17.4. The van der Waals surface area contributed by atoms with Gasteiger partial charge in [-0.3, -0.25) is 0 Å². The number of benzene rings is 1. The maximum atomic E-state index is 2.93. The van der Waals surface area contributed by atoms with Crippen LogP contribution in [0.15, 0.2) is 24.3 Å². The van der Waals surface area contributed by atoms with Crippen LogP contribution in [0.25, 0.3) is 54.8 Å². The molecule has 10 aromatic rings. The van der Waals surface area contributed by atoms with Crippen molar-refractivity contribution in [3.8, 4) is 0 Å². The third-order valence-electron chi connectivity index (χ3n) is 21.8. The van der Waals surface area contributed by atoms with E-state index in [0.29, 0.717) is 23.7 Å². The highest BCUT2D eigenvalue weighted by atomic mass is 15.1. The monoisotopic (exact) mass is 1240 g/mol. The smallest absolute Gasteiger partial charge is 0.289 e. The summed E-state index contributed by atoms with van der Waals surface area (Å²) in [5, 5.41) is 8.70. The van der Waals surface area contributed by atoms with Gasteiger partial charge in [0.15, 0.2) is 22.8 Å². The Balaban J connectivity index is 0.000000204. The molecular formula is C81H128N10+4. The summed E-state index contributed by atoms with van der Waals surface area (Å²) >= 11 is 0. The highest BCUT2D eigenvalue weighted by Gasteiger charge is 2.33. The molecule has 10 heteroatoms. The Morgan fingerprint density at radius 2 is 0.780 bits per heavy atom. The van der Waals surface area contributed by atoms with Crippen LogP contribution in [0.2, 0.25) is 0 Å². The maximum Gasteiger partial charge on any atom is 0.289 e. The van der Waals surface area contributed by atoms with Crippen molar-refractivity contribution in [3.63, 3.8) is 0 Å². The van der Waals surface area contributed by atoms with Crippen LogP contribution in [0.1, 0.15) is 231 Å². The van der Waals surface area contributed by atoms with Gasteiger partial charge in [0.25, 0.3) is 5.65 Å². The number of aromatic nitrogens is 9. The number of rotatable bonds is 5. The molecule has 0 spiro atoms. The topological polar surface area (TPSA) is 52.2 Å². The SMILES string of the molecule is CCNC.Cc1c(C(C)C)c2ccccc2n1C.Cc1c(C)[n+](C)c(C)c2c(C(C)C)c(C)n(C)c12.Cc1c(C)[n+](C)c(C)c2c1c(C(C)C)c(C)n2C.Cc1c(C)c2c(C(C)(C)C)c(C)n(C)c2[n+](C)c1C.Cc1c(C)c2c(c(C(C)C)c(C)n2C)[n+](C)c1C. The van der Waals surface area contributed by atoms with Gasteiger partial charge in [-0.1, -0.05) is 101 Å². The van der Waals surface area contributed by atoms with Crippen LogP contribution < -0.4 is 23.6 Å². The van der Waals surface area contributed by atoms with Gasteiger partial charge in [0.2, 0.25) is 11.2 Å². The van der Waals surface area contributed by atoms with Crippen LogP contribution in [-0.4, -0.2) is 36.4 Å². The molecule has 0 aliphatic carbocycles. The summed E-state index contributed by atoms with van der Waals surface area (Å²) in [6, 6.07) is 8.63. The van der Waals surface area contributed by atoms with Crippen LogP contribution in [0.5, 0.6) is 0 Å². The van der Waals surface area contributed by atoms with E-state index in [9.17, 15) is 0 Å². The quantitative estimate of drug-likeness (QED) is 0.172. The fourth-order valence-corrected chi connectivity index (χ4v) is 15.1. The molecule has 0 amide bonds. The van der Waals surface area contributed by atoms with Gasteiger partial charge in [0.05, 0.1) is 30.4 Å². The van der Waals surface area contributed by atoms with Gasteiger partial charge in [-0.05, 0) is 165 Å². The Kier molecular flexibility index (Phi) is 23.8. The van der Waals surface area contributed by atoms with Crippen molar-refractivity contribution in [2.24, 2.45) is 63.4 Å².